The molecule has 2 rings (SSSR count). The Balaban J connectivity index is 2.34. The molecule has 0 bridgehead atoms. The third-order valence-corrected chi connectivity index (χ3v) is 4.81. The molecule has 0 amide bonds. The van der Waals surface area contributed by atoms with Gasteiger partial charge in [0.1, 0.15) is 4.99 Å². The van der Waals surface area contributed by atoms with Gasteiger partial charge in [0.15, 0.2) is 0 Å². The van der Waals surface area contributed by atoms with E-state index in [0.717, 1.165) is 47.8 Å². The average Bonchev–Trinajstić information content (AvgIpc) is 2.47. The number of aliphatic hydroxyl groups is 1. The lowest BCUT2D eigenvalue weighted by molar-refractivity contribution is 0.208. The molecule has 0 radical (unpaired) electrons. The highest BCUT2D eigenvalue weighted by molar-refractivity contribution is 7.99. The quantitative estimate of drug-likeness (QED) is 0.647. The summed E-state index contributed by atoms with van der Waals surface area (Å²) in [6.45, 7) is 4.27. The van der Waals surface area contributed by atoms with Crippen LogP contribution in [0.2, 0.25) is 0 Å². The molecule has 0 aromatic heterocycles. The predicted molar refractivity (Wildman–Crippen MR) is 90.8 cm³/mol. The average molecular weight is 310 g/mol. The lowest BCUT2D eigenvalue weighted by Crippen LogP contribution is -2.38. The maximum absolute atomic E-state index is 9.39. The topological polar surface area (TPSA) is 49.5 Å². The minimum absolute atomic E-state index is 0.252. The van der Waals surface area contributed by atoms with Crippen LogP contribution in [0.1, 0.15) is 25.3 Å². The van der Waals surface area contributed by atoms with Crippen LogP contribution >= 0.6 is 24.0 Å². The number of nitrogens with two attached hydrogens (primary N) is 1. The van der Waals surface area contributed by atoms with Crippen molar-refractivity contribution in [1.82, 2.24) is 0 Å². The first-order valence-electron chi connectivity index (χ1n) is 7.08. The highest BCUT2D eigenvalue weighted by atomic mass is 32.2. The van der Waals surface area contributed by atoms with Crippen LogP contribution < -0.4 is 10.6 Å². The monoisotopic (exact) mass is 310 g/mol. The Morgan fingerprint density at radius 2 is 2.35 bits per heavy atom. The Kier molecular flexibility index (Phi) is 5.69. The fourth-order valence-corrected chi connectivity index (χ4v) is 3.86. The molecular formula is C15H22N2OS2. The van der Waals surface area contributed by atoms with Crippen molar-refractivity contribution in [2.24, 2.45) is 11.7 Å². The van der Waals surface area contributed by atoms with E-state index in [2.05, 4.69) is 30.0 Å². The zero-order valence-electron chi connectivity index (χ0n) is 11.8. The second-order valence-electron chi connectivity index (χ2n) is 5.08. The molecule has 1 saturated heterocycles. The molecule has 5 heteroatoms. The fourth-order valence-electron chi connectivity index (χ4n) is 2.74. The lowest BCUT2D eigenvalue weighted by atomic mass is 9.97. The molecule has 1 aliphatic heterocycles. The zero-order chi connectivity index (χ0) is 14.5. The van der Waals surface area contributed by atoms with E-state index >= 15 is 0 Å². The fraction of sp³-hybridized carbons (Fsp3) is 0.533. The van der Waals surface area contributed by atoms with Crippen molar-refractivity contribution in [3.63, 3.8) is 0 Å². The van der Waals surface area contributed by atoms with E-state index in [0.29, 0.717) is 10.9 Å². The van der Waals surface area contributed by atoms with E-state index in [-0.39, 0.29) is 6.61 Å². The van der Waals surface area contributed by atoms with Crippen LogP contribution in [-0.4, -0.2) is 35.5 Å². The van der Waals surface area contributed by atoms with Gasteiger partial charge in [0, 0.05) is 35.8 Å². The van der Waals surface area contributed by atoms with Crippen LogP contribution in [0.25, 0.3) is 0 Å². The summed E-state index contributed by atoms with van der Waals surface area (Å²) in [5.74, 6) is 1.35. The van der Waals surface area contributed by atoms with Gasteiger partial charge in [0.25, 0.3) is 0 Å². The lowest BCUT2D eigenvalue weighted by Gasteiger charge is -2.35. The molecule has 1 atom stereocenters. The van der Waals surface area contributed by atoms with Gasteiger partial charge in [-0.25, -0.2) is 0 Å². The van der Waals surface area contributed by atoms with Gasteiger partial charge in [0.05, 0.1) is 0 Å². The van der Waals surface area contributed by atoms with Gasteiger partial charge < -0.3 is 15.7 Å². The molecule has 1 aromatic carbocycles. The summed E-state index contributed by atoms with van der Waals surface area (Å²) in [7, 11) is 0. The van der Waals surface area contributed by atoms with Crippen LogP contribution in [0.3, 0.4) is 0 Å². The van der Waals surface area contributed by atoms with Crippen molar-refractivity contribution >= 4 is 34.7 Å². The summed E-state index contributed by atoms with van der Waals surface area (Å²) in [6, 6.07) is 6.24. The van der Waals surface area contributed by atoms with Crippen LogP contribution in [0.15, 0.2) is 23.1 Å². The van der Waals surface area contributed by atoms with Crippen LogP contribution in [0.4, 0.5) is 5.69 Å². The smallest absolute Gasteiger partial charge is 0.107 e. The predicted octanol–water partition coefficient (Wildman–Crippen LogP) is 2.64. The number of thioether (sulfide) groups is 1. The number of piperidine rings is 1. The number of hydrogen-bond acceptors (Lipinski definition) is 4. The molecule has 1 unspecified atom stereocenters. The van der Waals surface area contributed by atoms with Gasteiger partial charge in [-0.2, -0.15) is 0 Å². The normalized spacial score (nSPS) is 19.1. The van der Waals surface area contributed by atoms with Gasteiger partial charge in [-0.05, 0) is 36.6 Å². The number of nitrogens with zero attached hydrogens (tertiary/aromatic N) is 1. The second kappa shape index (κ2) is 7.29. The summed E-state index contributed by atoms with van der Waals surface area (Å²) in [4.78, 5) is 3.93. The van der Waals surface area contributed by atoms with Crippen molar-refractivity contribution in [3.05, 3.63) is 23.8 Å². The van der Waals surface area contributed by atoms with E-state index in [1.54, 1.807) is 11.8 Å². The molecule has 0 aliphatic carbocycles. The van der Waals surface area contributed by atoms with E-state index in [9.17, 15) is 5.11 Å². The van der Waals surface area contributed by atoms with Crippen molar-refractivity contribution in [1.29, 1.82) is 0 Å². The molecule has 1 fully saturated rings. The molecule has 1 aromatic rings. The number of thiocarbonyl (C=S) groups is 1. The summed E-state index contributed by atoms with van der Waals surface area (Å²) < 4.78 is 0. The third-order valence-electron chi connectivity index (χ3n) is 3.67. The first-order chi connectivity index (χ1) is 9.67. The van der Waals surface area contributed by atoms with Crippen LogP contribution in [0, 0.1) is 5.92 Å². The Morgan fingerprint density at radius 3 is 3.00 bits per heavy atom. The molecule has 1 aliphatic rings. The first kappa shape index (κ1) is 15.6. The van der Waals surface area contributed by atoms with E-state index < -0.39 is 0 Å². The van der Waals surface area contributed by atoms with Gasteiger partial charge >= 0.3 is 0 Å². The van der Waals surface area contributed by atoms with Gasteiger partial charge in [-0.3, -0.25) is 0 Å². The third kappa shape index (κ3) is 3.45. The summed E-state index contributed by atoms with van der Waals surface area (Å²) in [5.41, 5.74) is 8.07. The Hall–Kier alpha value is -0.780. The van der Waals surface area contributed by atoms with Gasteiger partial charge in [-0.1, -0.05) is 25.2 Å². The number of aliphatic hydroxyl groups excluding tert-OH is 1. The molecule has 3 N–H and O–H groups in total. The van der Waals surface area contributed by atoms with Gasteiger partial charge in [0.2, 0.25) is 0 Å². The second-order valence-corrected chi connectivity index (χ2v) is 6.83. The summed E-state index contributed by atoms with van der Waals surface area (Å²) in [6.07, 6.45) is 2.20. The summed E-state index contributed by atoms with van der Waals surface area (Å²) >= 11 is 7.04. The highest BCUT2D eigenvalue weighted by Crippen LogP contribution is 2.33. The van der Waals surface area contributed by atoms with Crippen LogP contribution in [-0.2, 0) is 0 Å². The number of rotatable bonds is 5. The van der Waals surface area contributed by atoms with Crippen molar-refractivity contribution in [3.8, 4) is 0 Å². The Bertz CT molecular complexity index is 479. The molecule has 20 heavy (non-hydrogen) atoms. The van der Waals surface area contributed by atoms with Crippen molar-refractivity contribution in [2.75, 3.05) is 30.3 Å². The largest absolute Gasteiger partial charge is 0.396 e. The molecule has 1 heterocycles. The molecule has 3 nitrogen and oxygen atoms in total. The van der Waals surface area contributed by atoms with Crippen molar-refractivity contribution < 1.29 is 5.11 Å². The number of anilines is 1. The highest BCUT2D eigenvalue weighted by Gasteiger charge is 2.23. The van der Waals surface area contributed by atoms with Crippen LogP contribution in [0.5, 0.6) is 0 Å². The summed E-state index contributed by atoms with van der Waals surface area (Å²) in [5, 5.41) is 9.39. The van der Waals surface area contributed by atoms with E-state index in [1.807, 2.05) is 0 Å². The van der Waals surface area contributed by atoms with E-state index in [4.69, 9.17) is 18.0 Å². The van der Waals surface area contributed by atoms with Gasteiger partial charge in [-0.15, -0.1) is 11.8 Å². The first-order valence-corrected chi connectivity index (χ1v) is 8.48. The standard InChI is InChI=1S/C15H22N2OS2/c1-2-20-13-7-3-6-12(14(13)15(16)19)17-8-4-5-11(9-17)10-18/h3,6-7,11,18H,2,4-5,8-10H2,1H3,(H2,16,19). The number of hydrogen-bond donors (Lipinski definition) is 2. The van der Waals surface area contributed by atoms with E-state index in [1.165, 1.54) is 0 Å². The molecular weight excluding hydrogens is 288 g/mol. The van der Waals surface area contributed by atoms with Crippen molar-refractivity contribution in [2.45, 2.75) is 24.7 Å². The minimum Gasteiger partial charge on any atom is -0.396 e. The number of benzene rings is 1. The maximum atomic E-state index is 9.39. The zero-order valence-corrected chi connectivity index (χ0v) is 13.5. The minimum atomic E-state index is 0.252. The Morgan fingerprint density at radius 1 is 1.55 bits per heavy atom. The SMILES string of the molecule is CCSc1cccc(N2CCCC(CO)C2)c1C(N)=S. The Labute approximate surface area is 130 Å². The maximum Gasteiger partial charge on any atom is 0.107 e. The molecule has 0 spiro atoms. The molecule has 110 valence electrons. The molecule has 0 saturated carbocycles.